The molecule has 1 unspecified atom stereocenters. The third-order valence-corrected chi connectivity index (χ3v) is 5.78. The Morgan fingerprint density at radius 3 is 2.68 bits per heavy atom. The standard InChI is InChI=1S/C23H32N4O/c1-15(13-14-16(2)25(3)4)19-21-20(24-23(26(5)6)27(21)7)17-11-9-8-10-12-18(17)22(19)28/h8-9,11-13,16,23H,10,14H2,1-7H3/b15-13+/t16?,23-/m0/s1. The molecule has 3 aliphatic rings. The molecule has 0 saturated heterocycles. The van der Waals surface area contributed by atoms with Crippen LogP contribution in [0.5, 0.6) is 0 Å². The average molecular weight is 381 g/mol. The molecule has 0 fully saturated rings. The maximum absolute atomic E-state index is 13.6. The second-order valence-electron chi connectivity index (χ2n) is 8.25. The van der Waals surface area contributed by atoms with E-state index < -0.39 is 0 Å². The maximum Gasteiger partial charge on any atom is 0.195 e. The second-order valence-corrected chi connectivity index (χ2v) is 8.25. The second kappa shape index (κ2) is 8.02. The number of allylic oxidation sites excluding steroid dienone is 8. The first-order valence-corrected chi connectivity index (χ1v) is 9.91. The molecule has 0 saturated carbocycles. The fourth-order valence-corrected chi connectivity index (χ4v) is 3.82. The molecule has 0 N–H and O–H groups in total. The number of aliphatic imine (C=N–C) groups is 1. The number of fused-ring (bicyclic) bond motifs is 3. The van der Waals surface area contributed by atoms with E-state index >= 15 is 0 Å². The van der Waals surface area contributed by atoms with Crippen molar-refractivity contribution in [2.45, 2.75) is 39.0 Å². The number of carbonyl (C=O) groups excluding carboxylic acids is 1. The van der Waals surface area contributed by atoms with Crippen LogP contribution in [0.1, 0.15) is 26.7 Å². The molecule has 0 aromatic rings. The molecule has 0 aromatic heterocycles. The molecular formula is C23H32N4O. The van der Waals surface area contributed by atoms with Gasteiger partial charge in [0.05, 0.1) is 17.0 Å². The molecule has 28 heavy (non-hydrogen) atoms. The number of ketones is 1. The van der Waals surface area contributed by atoms with E-state index in [4.69, 9.17) is 4.99 Å². The van der Waals surface area contributed by atoms with Crippen LogP contribution in [0.15, 0.2) is 63.4 Å². The lowest BCUT2D eigenvalue weighted by Crippen LogP contribution is -2.39. The van der Waals surface area contributed by atoms with Gasteiger partial charge in [-0.05, 0) is 60.5 Å². The molecule has 2 atom stereocenters. The van der Waals surface area contributed by atoms with Crippen molar-refractivity contribution in [3.05, 3.63) is 58.4 Å². The maximum atomic E-state index is 13.6. The zero-order valence-corrected chi connectivity index (χ0v) is 18.2. The summed E-state index contributed by atoms with van der Waals surface area (Å²) in [6.45, 7) is 4.25. The highest BCUT2D eigenvalue weighted by atomic mass is 16.1. The van der Waals surface area contributed by atoms with Gasteiger partial charge in [0.15, 0.2) is 12.1 Å². The van der Waals surface area contributed by atoms with Gasteiger partial charge in [0.1, 0.15) is 0 Å². The van der Waals surface area contributed by atoms with Crippen LogP contribution >= 0.6 is 0 Å². The highest BCUT2D eigenvalue weighted by Crippen LogP contribution is 2.39. The van der Waals surface area contributed by atoms with Crippen molar-refractivity contribution in [3.63, 3.8) is 0 Å². The minimum Gasteiger partial charge on any atom is -0.338 e. The molecule has 3 rings (SSSR count). The lowest BCUT2D eigenvalue weighted by molar-refractivity contribution is -0.112. The van der Waals surface area contributed by atoms with Gasteiger partial charge >= 0.3 is 0 Å². The monoisotopic (exact) mass is 380 g/mol. The number of carbonyl (C=O) groups is 1. The van der Waals surface area contributed by atoms with Gasteiger partial charge in [-0.15, -0.1) is 0 Å². The van der Waals surface area contributed by atoms with Crippen molar-refractivity contribution >= 4 is 11.5 Å². The van der Waals surface area contributed by atoms with E-state index in [9.17, 15) is 4.79 Å². The van der Waals surface area contributed by atoms with Crippen LogP contribution in [-0.2, 0) is 4.79 Å². The van der Waals surface area contributed by atoms with E-state index in [0.29, 0.717) is 6.04 Å². The SMILES string of the molecule is C/C(=C\CC(C)N(C)C)C1=C2C(=N[C@@H](N(C)C)N2C)C2=CC=CCC=C2C1=O. The Hall–Kier alpha value is -2.24. The first-order chi connectivity index (χ1) is 13.2. The number of Topliss-reactive ketones (excluding diaryl/α,β-unsaturated/α-hetero) is 1. The van der Waals surface area contributed by atoms with Gasteiger partial charge in [0.2, 0.25) is 0 Å². The largest absolute Gasteiger partial charge is 0.338 e. The van der Waals surface area contributed by atoms with Crippen molar-refractivity contribution in [1.29, 1.82) is 0 Å². The molecule has 0 amide bonds. The third-order valence-electron chi connectivity index (χ3n) is 5.78. The molecule has 0 radical (unpaired) electrons. The van der Waals surface area contributed by atoms with Gasteiger partial charge in [-0.2, -0.15) is 0 Å². The first kappa shape index (κ1) is 20.5. The zero-order chi connectivity index (χ0) is 20.6. The van der Waals surface area contributed by atoms with E-state index in [-0.39, 0.29) is 12.1 Å². The predicted molar refractivity (Wildman–Crippen MR) is 116 cm³/mol. The Bertz CT molecular complexity index is 852. The Morgan fingerprint density at radius 1 is 1.32 bits per heavy atom. The van der Waals surface area contributed by atoms with Crippen LogP contribution in [0.25, 0.3) is 0 Å². The summed E-state index contributed by atoms with van der Waals surface area (Å²) in [4.78, 5) is 24.9. The van der Waals surface area contributed by atoms with Crippen molar-refractivity contribution in [2.75, 3.05) is 35.2 Å². The summed E-state index contributed by atoms with van der Waals surface area (Å²) in [6, 6.07) is 0.417. The van der Waals surface area contributed by atoms with Crippen LogP contribution in [0.3, 0.4) is 0 Å². The molecule has 1 heterocycles. The highest BCUT2D eigenvalue weighted by Gasteiger charge is 2.41. The Balaban J connectivity index is 2.14. The molecule has 0 aromatic carbocycles. The normalized spacial score (nSPS) is 23.5. The van der Waals surface area contributed by atoms with Crippen LogP contribution in [-0.4, -0.2) is 73.8 Å². The zero-order valence-electron chi connectivity index (χ0n) is 18.2. The Labute approximate surface area is 169 Å². The van der Waals surface area contributed by atoms with Crippen molar-refractivity contribution in [3.8, 4) is 0 Å². The lowest BCUT2D eigenvalue weighted by atomic mass is 9.81. The van der Waals surface area contributed by atoms with Crippen molar-refractivity contribution in [2.24, 2.45) is 4.99 Å². The predicted octanol–water partition coefficient (Wildman–Crippen LogP) is 3.15. The molecule has 5 heteroatoms. The highest BCUT2D eigenvalue weighted by molar-refractivity contribution is 6.33. The van der Waals surface area contributed by atoms with Gasteiger partial charge in [-0.25, -0.2) is 4.99 Å². The molecule has 5 nitrogen and oxygen atoms in total. The lowest BCUT2D eigenvalue weighted by Gasteiger charge is -2.30. The molecule has 150 valence electrons. The molecule has 0 spiro atoms. The van der Waals surface area contributed by atoms with Gasteiger partial charge in [-0.3, -0.25) is 9.69 Å². The Kier molecular flexibility index (Phi) is 5.87. The number of hydrogen-bond acceptors (Lipinski definition) is 5. The van der Waals surface area contributed by atoms with Crippen LogP contribution in [0.4, 0.5) is 0 Å². The van der Waals surface area contributed by atoms with Gasteiger partial charge < -0.3 is 9.80 Å². The minimum absolute atomic E-state index is 0.103. The fraction of sp³-hybridized carbons (Fsp3) is 0.478. The van der Waals surface area contributed by atoms with E-state index in [1.807, 2.05) is 39.4 Å². The van der Waals surface area contributed by atoms with Gasteiger partial charge in [0, 0.05) is 24.2 Å². The third kappa shape index (κ3) is 3.56. The number of rotatable bonds is 5. The molecule has 0 bridgehead atoms. The van der Waals surface area contributed by atoms with Crippen LogP contribution in [0.2, 0.25) is 0 Å². The summed E-state index contributed by atoms with van der Waals surface area (Å²) in [5.41, 5.74) is 5.44. The van der Waals surface area contributed by atoms with E-state index in [0.717, 1.165) is 46.5 Å². The first-order valence-electron chi connectivity index (χ1n) is 9.91. The number of nitrogens with zero attached hydrogens (tertiary/aromatic N) is 4. The van der Waals surface area contributed by atoms with Crippen molar-refractivity contribution < 1.29 is 4.79 Å². The fourth-order valence-electron chi connectivity index (χ4n) is 3.82. The average Bonchev–Trinajstić information content (AvgIpc) is 2.83. The topological polar surface area (TPSA) is 39.1 Å². The summed E-state index contributed by atoms with van der Waals surface area (Å²) in [6.07, 6.45) is 11.9. The van der Waals surface area contributed by atoms with Crippen molar-refractivity contribution in [1.82, 2.24) is 14.7 Å². The minimum atomic E-state index is -0.103. The quantitative estimate of drug-likeness (QED) is 0.734. The summed E-state index contributed by atoms with van der Waals surface area (Å²) >= 11 is 0. The van der Waals surface area contributed by atoms with Crippen LogP contribution < -0.4 is 0 Å². The van der Waals surface area contributed by atoms with Gasteiger partial charge in [0.25, 0.3) is 0 Å². The van der Waals surface area contributed by atoms with E-state index in [1.165, 1.54) is 0 Å². The summed E-state index contributed by atoms with van der Waals surface area (Å²) in [5, 5.41) is 0. The Morgan fingerprint density at radius 2 is 2.04 bits per heavy atom. The van der Waals surface area contributed by atoms with Crippen LogP contribution in [0, 0.1) is 0 Å². The van der Waals surface area contributed by atoms with E-state index in [1.54, 1.807) is 0 Å². The van der Waals surface area contributed by atoms with E-state index in [2.05, 4.69) is 54.8 Å². The molecular weight excluding hydrogens is 348 g/mol. The number of hydrogen-bond donors (Lipinski definition) is 0. The summed E-state index contributed by atoms with van der Waals surface area (Å²) in [5.74, 6) is 0.112. The smallest absolute Gasteiger partial charge is 0.195 e. The van der Waals surface area contributed by atoms with Gasteiger partial charge in [-0.1, -0.05) is 30.4 Å². The molecule has 2 aliphatic carbocycles. The molecule has 1 aliphatic heterocycles. The summed E-state index contributed by atoms with van der Waals surface area (Å²) in [7, 11) is 10.2. The summed E-state index contributed by atoms with van der Waals surface area (Å²) < 4.78 is 0.